The largest absolute Gasteiger partial charge is 0.507 e. The van der Waals surface area contributed by atoms with Crippen molar-refractivity contribution in [3.05, 3.63) is 42.5 Å². The van der Waals surface area contributed by atoms with E-state index in [9.17, 15) is 15.0 Å². The average molecular weight is 330 g/mol. The normalized spacial score (nSPS) is 16.7. The molecule has 0 atom stereocenters. The topological polar surface area (TPSA) is 99.4 Å². The Balaban J connectivity index is 1.63. The van der Waals surface area contributed by atoms with Gasteiger partial charge in [-0.15, -0.1) is 0 Å². The number of phenols is 1. The maximum atomic E-state index is 12.3. The highest BCUT2D eigenvalue weighted by Gasteiger charge is 2.28. The first-order valence-electron chi connectivity index (χ1n) is 8.10. The molecule has 1 aromatic heterocycles. The Labute approximate surface area is 140 Å². The molecule has 4 N–H and O–H groups in total. The number of aromatic hydroxyl groups is 1. The first kappa shape index (κ1) is 16.5. The third kappa shape index (κ3) is 3.74. The van der Waals surface area contributed by atoms with E-state index in [1.54, 1.807) is 35.4 Å². The molecule has 1 amide bonds. The van der Waals surface area contributed by atoms with Crippen LogP contribution in [0.25, 0.3) is 5.69 Å². The summed E-state index contributed by atoms with van der Waals surface area (Å²) in [5.74, 6) is -0.427. The van der Waals surface area contributed by atoms with Crippen molar-refractivity contribution in [3.63, 3.8) is 0 Å². The van der Waals surface area contributed by atoms with Gasteiger partial charge in [-0.1, -0.05) is 0 Å². The lowest BCUT2D eigenvalue weighted by molar-refractivity contribution is 0.00325. The van der Waals surface area contributed by atoms with Crippen molar-refractivity contribution >= 4 is 5.91 Å². The van der Waals surface area contributed by atoms with E-state index in [1.165, 1.54) is 6.07 Å². The molecule has 0 aliphatic carbocycles. The maximum absolute atomic E-state index is 12.3. The predicted molar refractivity (Wildman–Crippen MR) is 89.2 cm³/mol. The second-order valence-corrected chi connectivity index (χ2v) is 6.15. The number of carbonyl (C=O) groups excluding carboxylic acids is 1. The van der Waals surface area contributed by atoms with Gasteiger partial charge in [0.05, 0.1) is 17.5 Å². The number of hydrogen-bond donors (Lipinski definition) is 4. The molecule has 1 aliphatic heterocycles. The van der Waals surface area contributed by atoms with Crippen LogP contribution in [-0.4, -0.2) is 50.9 Å². The van der Waals surface area contributed by atoms with Gasteiger partial charge in [-0.25, -0.2) is 4.98 Å². The number of nitrogens with one attached hydrogen (secondary N) is 2. The molecule has 7 nitrogen and oxygen atoms in total. The number of benzene rings is 1. The van der Waals surface area contributed by atoms with E-state index in [4.69, 9.17) is 0 Å². The Hall–Kier alpha value is -2.38. The molecular formula is C17H22N4O3. The van der Waals surface area contributed by atoms with E-state index in [-0.39, 0.29) is 17.2 Å². The summed E-state index contributed by atoms with van der Waals surface area (Å²) in [5.41, 5.74) is 0.227. The van der Waals surface area contributed by atoms with Crippen molar-refractivity contribution in [2.24, 2.45) is 0 Å². The highest BCUT2D eigenvalue weighted by atomic mass is 16.3. The minimum absolute atomic E-state index is 0.0723. The van der Waals surface area contributed by atoms with Crippen molar-refractivity contribution in [3.8, 4) is 11.4 Å². The van der Waals surface area contributed by atoms with E-state index in [1.807, 2.05) is 0 Å². The number of piperidine rings is 1. The van der Waals surface area contributed by atoms with Crippen LogP contribution >= 0.6 is 0 Å². The quantitative estimate of drug-likeness (QED) is 0.650. The molecule has 7 heteroatoms. The van der Waals surface area contributed by atoms with Gasteiger partial charge in [0.2, 0.25) is 0 Å². The van der Waals surface area contributed by atoms with E-state index in [2.05, 4.69) is 15.6 Å². The number of aliphatic hydroxyl groups is 1. The number of aromatic nitrogens is 2. The standard InChI is InChI=1S/C17H22N4O3/c22-15-2-1-13(21-10-9-19-12-21)11-14(15)16(23)20-8-5-17(24)3-6-18-7-4-17/h1-2,9-12,18,22,24H,3-8H2,(H,20,23). The molecule has 1 aliphatic rings. The predicted octanol–water partition coefficient (Wildman–Crippen LogP) is 0.812. The summed E-state index contributed by atoms with van der Waals surface area (Å²) in [7, 11) is 0. The fourth-order valence-electron chi connectivity index (χ4n) is 2.92. The van der Waals surface area contributed by atoms with Crippen LogP contribution in [0.4, 0.5) is 0 Å². The molecular weight excluding hydrogens is 308 g/mol. The Kier molecular flexibility index (Phi) is 4.82. The number of amides is 1. The highest BCUT2D eigenvalue weighted by molar-refractivity contribution is 5.97. The van der Waals surface area contributed by atoms with Crippen LogP contribution in [0.2, 0.25) is 0 Å². The van der Waals surface area contributed by atoms with E-state index in [0.29, 0.717) is 25.8 Å². The molecule has 0 unspecified atom stereocenters. The van der Waals surface area contributed by atoms with Gasteiger partial charge in [-0.3, -0.25) is 4.79 Å². The second-order valence-electron chi connectivity index (χ2n) is 6.15. The lowest BCUT2D eigenvalue weighted by Gasteiger charge is -2.32. The molecule has 128 valence electrons. The van der Waals surface area contributed by atoms with Gasteiger partial charge in [0.1, 0.15) is 5.75 Å². The molecule has 0 bridgehead atoms. The van der Waals surface area contributed by atoms with Gasteiger partial charge >= 0.3 is 0 Å². The zero-order valence-corrected chi connectivity index (χ0v) is 13.4. The van der Waals surface area contributed by atoms with Crippen LogP contribution in [0.15, 0.2) is 36.9 Å². The Morgan fingerprint density at radius 2 is 2.17 bits per heavy atom. The summed E-state index contributed by atoms with van der Waals surface area (Å²) in [6, 6.07) is 4.82. The second kappa shape index (κ2) is 7.02. The van der Waals surface area contributed by atoms with Crippen molar-refractivity contribution in [2.75, 3.05) is 19.6 Å². The fourth-order valence-corrected chi connectivity index (χ4v) is 2.92. The smallest absolute Gasteiger partial charge is 0.255 e. The molecule has 1 fully saturated rings. The van der Waals surface area contributed by atoms with Gasteiger partial charge < -0.3 is 25.4 Å². The number of rotatable bonds is 5. The molecule has 2 heterocycles. The van der Waals surface area contributed by atoms with Gasteiger partial charge in [0.25, 0.3) is 5.91 Å². The number of phenolic OH excluding ortho intramolecular Hbond substituents is 1. The molecule has 0 saturated carbocycles. The zero-order chi connectivity index (χ0) is 17.0. The highest BCUT2D eigenvalue weighted by Crippen LogP contribution is 2.23. The van der Waals surface area contributed by atoms with Gasteiger partial charge in [0.15, 0.2) is 0 Å². The summed E-state index contributed by atoms with van der Waals surface area (Å²) in [5, 5.41) is 26.4. The summed E-state index contributed by atoms with van der Waals surface area (Å²) in [4.78, 5) is 16.3. The maximum Gasteiger partial charge on any atom is 0.255 e. The third-order valence-corrected chi connectivity index (χ3v) is 4.44. The molecule has 1 aromatic carbocycles. The summed E-state index contributed by atoms with van der Waals surface area (Å²) >= 11 is 0. The van der Waals surface area contributed by atoms with Crippen molar-refractivity contribution < 1.29 is 15.0 Å². The summed E-state index contributed by atoms with van der Waals surface area (Å²) < 4.78 is 1.76. The average Bonchev–Trinajstić information content (AvgIpc) is 3.10. The van der Waals surface area contributed by atoms with Gasteiger partial charge in [-0.05, 0) is 50.6 Å². The summed E-state index contributed by atoms with van der Waals surface area (Å²) in [6.07, 6.45) is 6.91. The first-order chi connectivity index (χ1) is 11.6. The number of carbonyl (C=O) groups is 1. The van der Waals surface area contributed by atoms with Crippen molar-refractivity contribution in [1.29, 1.82) is 0 Å². The van der Waals surface area contributed by atoms with Crippen molar-refractivity contribution in [2.45, 2.75) is 24.9 Å². The fraction of sp³-hybridized carbons (Fsp3) is 0.412. The van der Waals surface area contributed by atoms with Crippen LogP contribution in [0, 0.1) is 0 Å². The van der Waals surface area contributed by atoms with Gasteiger partial charge in [-0.2, -0.15) is 0 Å². The van der Waals surface area contributed by atoms with Crippen LogP contribution in [-0.2, 0) is 0 Å². The van der Waals surface area contributed by atoms with E-state index >= 15 is 0 Å². The van der Waals surface area contributed by atoms with Crippen molar-refractivity contribution in [1.82, 2.24) is 20.2 Å². The molecule has 1 saturated heterocycles. The molecule has 24 heavy (non-hydrogen) atoms. The Morgan fingerprint density at radius 1 is 1.38 bits per heavy atom. The minimum Gasteiger partial charge on any atom is -0.507 e. The minimum atomic E-state index is -0.723. The van der Waals surface area contributed by atoms with Gasteiger partial charge in [0, 0.05) is 24.6 Å². The van der Waals surface area contributed by atoms with Crippen LogP contribution in [0.1, 0.15) is 29.6 Å². The lowest BCUT2D eigenvalue weighted by Crippen LogP contribution is -2.44. The zero-order valence-electron chi connectivity index (χ0n) is 13.4. The lowest BCUT2D eigenvalue weighted by atomic mass is 9.89. The van der Waals surface area contributed by atoms with Crippen LogP contribution in [0.5, 0.6) is 5.75 Å². The number of nitrogens with zero attached hydrogens (tertiary/aromatic N) is 2. The monoisotopic (exact) mass is 330 g/mol. The van der Waals surface area contributed by atoms with E-state index < -0.39 is 5.60 Å². The number of imidazole rings is 1. The Morgan fingerprint density at radius 3 is 2.88 bits per heavy atom. The third-order valence-electron chi connectivity index (χ3n) is 4.44. The Bertz CT molecular complexity index is 694. The first-order valence-corrected chi connectivity index (χ1v) is 8.10. The number of hydrogen-bond acceptors (Lipinski definition) is 5. The van der Waals surface area contributed by atoms with Crippen LogP contribution < -0.4 is 10.6 Å². The SMILES string of the molecule is O=C(NCCC1(O)CCNCC1)c1cc(-n2ccnc2)ccc1O. The molecule has 0 radical (unpaired) electrons. The summed E-state index contributed by atoms with van der Waals surface area (Å²) in [6.45, 7) is 1.94. The van der Waals surface area contributed by atoms with Crippen LogP contribution in [0.3, 0.4) is 0 Å². The molecule has 2 aromatic rings. The van der Waals surface area contributed by atoms with E-state index in [0.717, 1.165) is 18.8 Å². The molecule has 3 rings (SSSR count). The molecule has 0 spiro atoms.